The van der Waals surface area contributed by atoms with Gasteiger partial charge in [-0.1, -0.05) is 0 Å². The maximum Gasteiger partial charge on any atom is 0.303 e. The molecule has 8 heteroatoms. The van der Waals surface area contributed by atoms with Crippen LogP contribution in [0.3, 0.4) is 0 Å². The van der Waals surface area contributed by atoms with Crippen molar-refractivity contribution in [3.63, 3.8) is 0 Å². The fourth-order valence-corrected chi connectivity index (χ4v) is 4.50. The minimum atomic E-state index is -0.749. The number of carboxylic acids is 1. The van der Waals surface area contributed by atoms with E-state index in [0.29, 0.717) is 23.8 Å². The van der Waals surface area contributed by atoms with Gasteiger partial charge in [-0.2, -0.15) is 0 Å². The third kappa shape index (κ3) is 5.25. The zero-order chi connectivity index (χ0) is 21.0. The van der Waals surface area contributed by atoms with Gasteiger partial charge in [0.05, 0.1) is 5.56 Å². The number of piperazine rings is 1. The maximum absolute atomic E-state index is 12.6. The van der Waals surface area contributed by atoms with Gasteiger partial charge in [-0.25, -0.2) is 4.98 Å². The molecule has 1 aromatic heterocycles. The number of piperidine rings is 1. The Hall–Kier alpha value is -2.19. The topological polar surface area (TPSA) is 80.2 Å². The standard InChI is InChI=1S/C21H33N5O3/c1-23(2)21(29)17-5-4-9-22-20(17)26-10-8-18(16(15-26)6-7-19(27)28)25-13-11-24(3)12-14-25/h4-5,9,16,18H,6-8,10-15H2,1-3H3,(H,27,28)/t16-,18+/m1/s1. The second kappa shape index (κ2) is 9.54. The van der Waals surface area contributed by atoms with Crippen LogP contribution in [0.2, 0.25) is 0 Å². The molecule has 0 aromatic carbocycles. The Kier molecular flexibility index (Phi) is 7.08. The Balaban J connectivity index is 1.79. The molecule has 0 spiro atoms. The highest BCUT2D eigenvalue weighted by Gasteiger charge is 2.36. The number of carboxylic acid groups (broad SMARTS) is 1. The third-order valence-corrected chi connectivity index (χ3v) is 6.15. The van der Waals surface area contributed by atoms with Gasteiger partial charge in [-0.3, -0.25) is 14.5 Å². The van der Waals surface area contributed by atoms with Gasteiger partial charge in [0.15, 0.2) is 0 Å². The smallest absolute Gasteiger partial charge is 0.303 e. The van der Waals surface area contributed by atoms with Gasteiger partial charge in [0.2, 0.25) is 0 Å². The number of aliphatic carboxylic acids is 1. The predicted molar refractivity (Wildman–Crippen MR) is 112 cm³/mol. The number of hydrogen-bond donors (Lipinski definition) is 1. The number of anilines is 1. The third-order valence-electron chi connectivity index (χ3n) is 6.15. The lowest BCUT2D eigenvalue weighted by Gasteiger charge is -2.47. The molecule has 2 aliphatic rings. The lowest BCUT2D eigenvalue weighted by Crippen LogP contribution is -2.56. The number of rotatable bonds is 6. The monoisotopic (exact) mass is 403 g/mol. The molecule has 160 valence electrons. The number of nitrogens with zero attached hydrogens (tertiary/aromatic N) is 5. The van der Waals surface area contributed by atoms with Gasteiger partial charge >= 0.3 is 5.97 Å². The molecule has 2 fully saturated rings. The summed E-state index contributed by atoms with van der Waals surface area (Å²) < 4.78 is 0. The number of pyridine rings is 1. The first-order chi connectivity index (χ1) is 13.9. The number of hydrogen-bond acceptors (Lipinski definition) is 6. The molecule has 29 heavy (non-hydrogen) atoms. The van der Waals surface area contributed by atoms with Crippen molar-refractivity contribution in [1.82, 2.24) is 19.7 Å². The molecule has 8 nitrogen and oxygen atoms in total. The molecule has 1 N–H and O–H groups in total. The van der Waals surface area contributed by atoms with E-state index in [1.54, 1.807) is 31.3 Å². The van der Waals surface area contributed by atoms with Gasteiger partial charge in [-0.05, 0) is 37.9 Å². The molecule has 2 saturated heterocycles. The van der Waals surface area contributed by atoms with Gasteiger partial charge in [0.25, 0.3) is 5.91 Å². The molecule has 0 bridgehead atoms. The Morgan fingerprint density at radius 1 is 1.21 bits per heavy atom. The normalized spacial score (nSPS) is 23.8. The van der Waals surface area contributed by atoms with Crippen LogP contribution in [-0.4, -0.2) is 103 Å². The SMILES string of the molecule is CN1CCN([C@H]2CCN(c3ncccc3C(=O)N(C)C)C[C@H]2CCC(=O)O)CC1. The van der Waals surface area contributed by atoms with E-state index in [2.05, 4.69) is 26.7 Å². The Labute approximate surface area is 173 Å². The minimum Gasteiger partial charge on any atom is -0.481 e. The molecule has 0 saturated carbocycles. The summed E-state index contributed by atoms with van der Waals surface area (Å²) in [5, 5.41) is 9.24. The number of aromatic nitrogens is 1. The largest absolute Gasteiger partial charge is 0.481 e. The van der Waals surface area contributed by atoms with Crippen LogP contribution in [0.15, 0.2) is 18.3 Å². The van der Waals surface area contributed by atoms with Crippen molar-refractivity contribution in [2.45, 2.75) is 25.3 Å². The molecule has 2 atom stereocenters. The zero-order valence-electron chi connectivity index (χ0n) is 17.8. The average Bonchev–Trinajstić information content (AvgIpc) is 2.72. The first kappa shape index (κ1) is 21.5. The van der Waals surface area contributed by atoms with Crippen molar-refractivity contribution >= 4 is 17.7 Å². The van der Waals surface area contributed by atoms with E-state index in [-0.39, 0.29) is 18.2 Å². The molecular formula is C21H33N5O3. The summed E-state index contributed by atoms with van der Waals surface area (Å²) in [6.07, 6.45) is 3.50. The molecule has 1 aromatic rings. The van der Waals surface area contributed by atoms with Crippen molar-refractivity contribution < 1.29 is 14.7 Å². The number of carbonyl (C=O) groups excluding carboxylic acids is 1. The van der Waals surface area contributed by atoms with E-state index in [1.165, 1.54) is 0 Å². The highest BCUT2D eigenvalue weighted by Crippen LogP contribution is 2.31. The molecule has 3 heterocycles. The first-order valence-corrected chi connectivity index (χ1v) is 10.4. The second-order valence-corrected chi connectivity index (χ2v) is 8.41. The highest BCUT2D eigenvalue weighted by atomic mass is 16.4. The molecule has 3 rings (SSSR count). The van der Waals surface area contributed by atoms with Gasteiger partial charge in [0, 0.05) is 72.0 Å². The van der Waals surface area contributed by atoms with Crippen LogP contribution >= 0.6 is 0 Å². The van der Waals surface area contributed by atoms with E-state index in [4.69, 9.17) is 0 Å². The van der Waals surface area contributed by atoms with Gasteiger partial charge < -0.3 is 19.8 Å². The van der Waals surface area contributed by atoms with Crippen LogP contribution in [0.5, 0.6) is 0 Å². The summed E-state index contributed by atoms with van der Waals surface area (Å²) >= 11 is 0. The summed E-state index contributed by atoms with van der Waals surface area (Å²) in [6, 6.07) is 4.00. The van der Waals surface area contributed by atoms with Crippen molar-refractivity contribution in [2.75, 3.05) is 65.3 Å². The Bertz CT molecular complexity index is 718. The average molecular weight is 404 g/mol. The van der Waals surface area contributed by atoms with Crippen LogP contribution in [-0.2, 0) is 4.79 Å². The van der Waals surface area contributed by atoms with Crippen molar-refractivity contribution in [3.05, 3.63) is 23.9 Å². The number of carbonyl (C=O) groups is 2. The van der Waals surface area contributed by atoms with Gasteiger partial charge in [0.1, 0.15) is 5.82 Å². The van der Waals surface area contributed by atoms with Crippen molar-refractivity contribution in [1.29, 1.82) is 0 Å². The molecule has 0 unspecified atom stereocenters. The lowest BCUT2D eigenvalue weighted by atomic mass is 9.86. The molecule has 0 radical (unpaired) electrons. The fourth-order valence-electron chi connectivity index (χ4n) is 4.50. The van der Waals surface area contributed by atoms with Crippen LogP contribution in [0, 0.1) is 5.92 Å². The first-order valence-electron chi connectivity index (χ1n) is 10.4. The summed E-state index contributed by atoms with van der Waals surface area (Å²) in [5.41, 5.74) is 0.604. The molecule has 1 amide bonds. The second-order valence-electron chi connectivity index (χ2n) is 8.41. The predicted octanol–water partition coefficient (Wildman–Crippen LogP) is 1.09. The van der Waals surface area contributed by atoms with E-state index >= 15 is 0 Å². The van der Waals surface area contributed by atoms with Crippen LogP contribution in [0.25, 0.3) is 0 Å². The van der Waals surface area contributed by atoms with E-state index in [9.17, 15) is 14.7 Å². The van der Waals surface area contributed by atoms with Crippen LogP contribution in [0.4, 0.5) is 5.82 Å². The summed E-state index contributed by atoms with van der Waals surface area (Å²) in [7, 11) is 5.63. The summed E-state index contributed by atoms with van der Waals surface area (Å²) in [4.78, 5) is 37.0. The quantitative estimate of drug-likeness (QED) is 0.762. The molecule has 0 aliphatic carbocycles. The Morgan fingerprint density at radius 3 is 2.59 bits per heavy atom. The fraction of sp³-hybridized carbons (Fsp3) is 0.667. The Morgan fingerprint density at radius 2 is 1.93 bits per heavy atom. The summed E-state index contributed by atoms with van der Waals surface area (Å²) in [5.74, 6) is 0.146. The zero-order valence-corrected chi connectivity index (χ0v) is 17.8. The van der Waals surface area contributed by atoms with E-state index < -0.39 is 5.97 Å². The summed E-state index contributed by atoms with van der Waals surface area (Å²) in [6.45, 7) is 5.71. The lowest BCUT2D eigenvalue weighted by molar-refractivity contribution is -0.137. The maximum atomic E-state index is 12.6. The number of likely N-dealkylation sites (N-methyl/N-ethyl adjacent to an activating group) is 1. The minimum absolute atomic E-state index is 0.0589. The van der Waals surface area contributed by atoms with Gasteiger partial charge in [-0.15, -0.1) is 0 Å². The van der Waals surface area contributed by atoms with E-state index in [0.717, 1.165) is 45.7 Å². The van der Waals surface area contributed by atoms with Crippen LogP contribution in [0.1, 0.15) is 29.6 Å². The molecular weight excluding hydrogens is 370 g/mol. The van der Waals surface area contributed by atoms with E-state index in [1.807, 2.05) is 6.07 Å². The van der Waals surface area contributed by atoms with Crippen molar-refractivity contribution in [3.8, 4) is 0 Å². The van der Waals surface area contributed by atoms with Crippen LogP contribution < -0.4 is 4.90 Å². The molecule has 2 aliphatic heterocycles. The number of amides is 1. The van der Waals surface area contributed by atoms with Crippen molar-refractivity contribution in [2.24, 2.45) is 5.92 Å². The highest BCUT2D eigenvalue weighted by molar-refractivity contribution is 5.98.